The molecule has 1 amide bonds. The summed E-state index contributed by atoms with van der Waals surface area (Å²) in [5, 5.41) is 17.7. The lowest BCUT2D eigenvalue weighted by Gasteiger charge is -2.16. The number of amides is 1. The number of aromatic nitrogens is 5. The number of hydrogen-bond donors (Lipinski definition) is 1. The number of carbonyl (C=O) groups excluding carboxylic acids is 1. The minimum Gasteiger partial charge on any atom is -0.352 e. The first kappa shape index (κ1) is 23.8. The van der Waals surface area contributed by atoms with Crippen molar-refractivity contribution in [3.63, 3.8) is 0 Å². The Morgan fingerprint density at radius 2 is 1.91 bits per heavy atom. The van der Waals surface area contributed by atoms with Crippen LogP contribution in [-0.2, 0) is 13.0 Å². The number of benzene rings is 1. The number of nitrogens with one attached hydrogen (secondary N) is 1. The zero-order valence-corrected chi connectivity index (χ0v) is 21.0. The van der Waals surface area contributed by atoms with Crippen molar-refractivity contribution >= 4 is 29.3 Å². The Bertz CT molecular complexity index is 1100. The summed E-state index contributed by atoms with van der Waals surface area (Å²) in [6, 6.07) is 8.73. The van der Waals surface area contributed by atoms with Crippen molar-refractivity contribution in [3.05, 3.63) is 57.6 Å². The molecule has 0 saturated heterocycles. The van der Waals surface area contributed by atoms with E-state index in [4.69, 9.17) is 11.6 Å². The van der Waals surface area contributed by atoms with Gasteiger partial charge in [-0.1, -0.05) is 66.0 Å². The monoisotopic (exact) mass is 486 g/mol. The van der Waals surface area contributed by atoms with E-state index in [-0.39, 0.29) is 5.91 Å². The molecular formula is C24H31ClN6OS. The van der Waals surface area contributed by atoms with Crippen LogP contribution in [0.4, 0.5) is 0 Å². The molecule has 0 aliphatic heterocycles. The molecule has 1 aliphatic carbocycles. The Morgan fingerprint density at radius 3 is 2.61 bits per heavy atom. The second kappa shape index (κ2) is 10.7. The number of aryl methyl sites for hydroxylation is 3. The summed E-state index contributed by atoms with van der Waals surface area (Å²) in [5.41, 5.74) is 3.37. The van der Waals surface area contributed by atoms with Crippen molar-refractivity contribution in [2.24, 2.45) is 0 Å². The summed E-state index contributed by atoms with van der Waals surface area (Å²) in [6.07, 6.45) is 8.54. The summed E-state index contributed by atoms with van der Waals surface area (Å²) < 4.78 is 4.00. The zero-order chi connectivity index (χ0) is 23.4. The number of hydrogen-bond acceptors (Lipinski definition) is 5. The average molecular weight is 487 g/mol. The Morgan fingerprint density at radius 1 is 1.18 bits per heavy atom. The van der Waals surface area contributed by atoms with Crippen LogP contribution in [0.25, 0.3) is 0 Å². The fourth-order valence-electron chi connectivity index (χ4n) is 4.47. The van der Waals surface area contributed by atoms with E-state index in [1.165, 1.54) is 31.2 Å². The smallest absolute Gasteiger partial charge is 0.256 e. The number of halogens is 1. The quantitative estimate of drug-likeness (QED) is 0.340. The Balaban J connectivity index is 1.35. The molecule has 2 aromatic heterocycles. The maximum absolute atomic E-state index is 12.8. The van der Waals surface area contributed by atoms with E-state index in [1.807, 2.05) is 13.2 Å². The van der Waals surface area contributed by atoms with E-state index < -0.39 is 0 Å². The first-order valence-corrected chi connectivity index (χ1v) is 13.1. The van der Waals surface area contributed by atoms with Crippen LogP contribution in [0.3, 0.4) is 0 Å². The molecule has 1 aliphatic rings. The molecular weight excluding hydrogens is 456 g/mol. The van der Waals surface area contributed by atoms with Crippen LogP contribution in [0.15, 0.2) is 29.4 Å². The second-order valence-electron chi connectivity index (χ2n) is 8.67. The Kier molecular flexibility index (Phi) is 7.75. The van der Waals surface area contributed by atoms with Crippen molar-refractivity contribution in [2.75, 3.05) is 12.8 Å². The van der Waals surface area contributed by atoms with Crippen LogP contribution in [0.2, 0.25) is 5.15 Å². The molecule has 33 heavy (non-hydrogen) atoms. The van der Waals surface area contributed by atoms with E-state index in [9.17, 15) is 4.79 Å². The number of rotatable bonds is 9. The highest BCUT2D eigenvalue weighted by atomic mass is 35.5. The molecule has 0 radical (unpaired) electrons. The lowest BCUT2D eigenvalue weighted by atomic mass is 10.1. The molecule has 0 bridgehead atoms. The average Bonchev–Trinajstić information content (AvgIpc) is 3.52. The zero-order valence-electron chi connectivity index (χ0n) is 19.5. The molecule has 2 heterocycles. The van der Waals surface area contributed by atoms with Gasteiger partial charge < -0.3 is 9.88 Å². The fourth-order valence-corrected chi connectivity index (χ4v) is 5.36. The molecule has 7 nitrogen and oxygen atoms in total. The lowest BCUT2D eigenvalue weighted by molar-refractivity contribution is 0.0952. The van der Waals surface area contributed by atoms with E-state index in [1.54, 1.807) is 16.4 Å². The molecule has 0 spiro atoms. The van der Waals surface area contributed by atoms with E-state index in [0.29, 0.717) is 35.5 Å². The van der Waals surface area contributed by atoms with Gasteiger partial charge in [-0.05, 0) is 44.9 Å². The maximum Gasteiger partial charge on any atom is 0.256 e. The standard InChI is InChI=1S/C24H31ClN6OS/c1-16-10-12-18(13-11-16)15-30-22(25)21(17(2)29-30)23(32)26-14-6-9-20-27-28-24(33-3)31(20)19-7-4-5-8-19/h10-13,19H,4-9,14-15H2,1-3H3,(H,26,32). The van der Waals surface area contributed by atoms with Gasteiger partial charge in [0.05, 0.1) is 17.8 Å². The second-order valence-corrected chi connectivity index (χ2v) is 9.80. The normalized spacial score (nSPS) is 14.2. The third-order valence-electron chi connectivity index (χ3n) is 6.22. The lowest BCUT2D eigenvalue weighted by Crippen LogP contribution is -2.25. The van der Waals surface area contributed by atoms with Crippen molar-refractivity contribution in [1.82, 2.24) is 29.9 Å². The third-order valence-corrected chi connectivity index (χ3v) is 7.24. The summed E-state index contributed by atoms with van der Waals surface area (Å²) in [7, 11) is 0. The molecule has 4 rings (SSSR count). The van der Waals surface area contributed by atoms with Gasteiger partial charge in [-0.3, -0.25) is 4.79 Å². The topological polar surface area (TPSA) is 77.6 Å². The third kappa shape index (κ3) is 5.44. The minimum absolute atomic E-state index is 0.185. The van der Waals surface area contributed by atoms with Gasteiger partial charge in [-0.2, -0.15) is 5.10 Å². The van der Waals surface area contributed by atoms with Crippen molar-refractivity contribution in [3.8, 4) is 0 Å². The Labute approximate surface area is 204 Å². The van der Waals surface area contributed by atoms with Crippen molar-refractivity contribution in [1.29, 1.82) is 0 Å². The van der Waals surface area contributed by atoms with Crippen molar-refractivity contribution < 1.29 is 4.79 Å². The largest absolute Gasteiger partial charge is 0.352 e. The van der Waals surface area contributed by atoms with E-state index in [0.717, 1.165) is 29.4 Å². The molecule has 3 aromatic rings. The van der Waals surface area contributed by atoms with Gasteiger partial charge in [0.2, 0.25) is 0 Å². The van der Waals surface area contributed by atoms with E-state index >= 15 is 0 Å². The van der Waals surface area contributed by atoms with Gasteiger partial charge in [0, 0.05) is 19.0 Å². The molecule has 0 unspecified atom stereocenters. The van der Waals surface area contributed by atoms with Gasteiger partial charge in [0.25, 0.3) is 5.91 Å². The summed E-state index contributed by atoms with van der Waals surface area (Å²) in [5.74, 6) is 0.829. The highest BCUT2D eigenvalue weighted by molar-refractivity contribution is 7.98. The van der Waals surface area contributed by atoms with Gasteiger partial charge in [0.15, 0.2) is 5.16 Å². The number of nitrogens with zero attached hydrogens (tertiary/aromatic N) is 5. The number of thioether (sulfide) groups is 1. The highest BCUT2D eigenvalue weighted by Crippen LogP contribution is 2.33. The molecule has 0 atom stereocenters. The molecule has 1 saturated carbocycles. The SMILES string of the molecule is CSc1nnc(CCCNC(=O)c2c(C)nn(Cc3ccc(C)cc3)c2Cl)n1C1CCCC1. The van der Waals surface area contributed by atoms with Gasteiger partial charge in [-0.15, -0.1) is 10.2 Å². The summed E-state index contributed by atoms with van der Waals surface area (Å²) >= 11 is 8.19. The van der Waals surface area contributed by atoms with E-state index in [2.05, 4.69) is 56.4 Å². The molecule has 176 valence electrons. The first-order chi connectivity index (χ1) is 16.0. The molecule has 9 heteroatoms. The van der Waals surface area contributed by atoms with Crippen LogP contribution in [-0.4, -0.2) is 43.3 Å². The van der Waals surface area contributed by atoms with Crippen LogP contribution in [0, 0.1) is 13.8 Å². The summed E-state index contributed by atoms with van der Waals surface area (Å²) in [4.78, 5) is 12.8. The predicted octanol–water partition coefficient (Wildman–Crippen LogP) is 4.99. The molecule has 1 N–H and O–H groups in total. The van der Waals surface area contributed by atoms with Gasteiger partial charge >= 0.3 is 0 Å². The summed E-state index contributed by atoms with van der Waals surface area (Å²) in [6.45, 7) is 4.95. The van der Waals surface area contributed by atoms with Gasteiger partial charge in [0.1, 0.15) is 11.0 Å². The molecule has 1 fully saturated rings. The van der Waals surface area contributed by atoms with Gasteiger partial charge in [-0.25, -0.2) is 4.68 Å². The van der Waals surface area contributed by atoms with Crippen LogP contribution in [0.1, 0.15) is 71.1 Å². The fraction of sp³-hybridized carbons (Fsp3) is 0.500. The Hall–Kier alpha value is -2.32. The van der Waals surface area contributed by atoms with Crippen LogP contribution >= 0.6 is 23.4 Å². The van der Waals surface area contributed by atoms with Crippen molar-refractivity contribution in [2.45, 2.75) is 70.1 Å². The predicted molar refractivity (Wildman–Crippen MR) is 132 cm³/mol. The highest BCUT2D eigenvalue weighted by Gasteiger charge is 2.24. The maximum atomic E-state index is 12.8. The first-order valence-electron chi connectivity index (χ1n) is 11.5. The molecule has 1 aromatic carbocycles. The minimum atomic E-state index is -0.185. The van der Waals surface area contributed by atoms with Crippen LogP contribution in [0.5, 0.6) is 0 Å². The van der Waals surface area contributed by atoms with Crippen LogP contribution < -0.4 is 5.32 Å². The number of carbonyl (C=O) groups is 1.